The lowest BCUT2D eigenvalue weighted by molar-refractivity contribution is -0.384. The highest BCUT2D eigenvalue weighted by Gasteiger charge is 2.12. The number of rotatable bonds is 5. The Morgan fingerprint density at radius 2 is 1.92 bits per heavy atom. The number of carbonyl (C=O) groups excluding carboxylic acids is 1. The molecule has 0 aliphatic carbocycles. The molecule has 2 aromatic carbocycles. The summed E-state index contributed by atoms with van der Waals surface area (Å²) < 4.78 is 15.6. The lowest BCUT2D eigenvalue weighted by Gasteiger charge is -2.02. The number of ether oxygens (including phenoxy) is 3. The molecule has 7 nitrogen and oxygen atoms in total. The summed E-state index contributed by atoms with van der Waals surface area (Å²) in [5.41, 5.74) is 1.45. The summed E-state index contributed by atoms with van der Waals surface area (Å²) in [4.78, 5) is 21.8. The number of fused-ring (bicyclic) bond motifs is 1. The molecule has 1 aliphatic heterocycles. The second kappa shape index (κ2) is 6.82. The van der Waals surface area contributed by atoms with Crippen molar-refractivity contribution in [2.45, 2.75) is 6.61 Å². The summed E-state index contributed by atoms with van der Waals surface area (Å²) >= 11 is 0. The summed E-state index contributed by atoms with van der Waals surface area (Å²) in [5, 5.41) is 10.6. The Morgan fingerprint density at radius 1 is 1.17 bits per heavy atom. The maximum atomic E-state index is 11.7. The number of esters is 1. The molecule has 0 saturated carbocycles. The van der Waals surface area contributed by atoms with E-state index in [1.54, 1.807) is 36.4 Å². The summed E-state index contributed by atoms with van der Waals surface area (Å²) in [7, 11) is 0. The third kappa shape index (κ3) is 3.70. The van der Waals surface area contributed by atoms with Crippen LogP contribution in [-0.2, 0) is 16.1 Å². The fourth-order valence-corrected chi connectivity index (χ4v) is 2.10. The SMILES string of the molecule is O=C(/C=C/c1ccc2c(c1)OCO2)OCc1ccc([N+](=O)[O-])cc1. The zero-order chi connectivity index (χ0) is 16.9. The smallest absolute Gasteiger partial charge is 0.331 e. The number of hydrogen-bond donors (Lipinski definition) is 0. The van der Waals surface area contributed by atoms with Crippen LogP contribution in [0.2, 0.25) is 0 Å². The normalized spacial score (nSPS) is 12.3. The van der Waals surface area contributed by atoms with E-state index in [9.17, 15) is 14.9 Å². The van der Waals surface area contributed by atoms with Gasteiger partial charge in [0.2, 0.25) is 6.79 Å². The number of non-ortho nitro benzene ring substituents is 1. The Labute approximate surface area is 137 Å². The number of hydrogen-bond acceptors (Lipinski definition) is 6. The quantitative estimate of drug-likeness (QED) is 0.363. The zero-order valence-corrected chi connectivity index (χ0v) is 12.5. The molecule has 24 heavy (non-hydrogen) atoms. The van der Waals surface area contributed by atoms with Gasteiger partial charge in [-0.25, -0.2) is 4.79 Å². The van der Waals surface area contributed by atoms with E-state index in [0.717, 1.165) is 5.56 Å². The summed E-state index contributed by atoms with van der Waals surface area (Å²) in [6, 6.07) is 11.2. The molecule has 2 aromatic rings. The van der Waals surface area contributed by atoms with Crippen LogP contribution in [0.5, 0.6) is 11.5 Å². The fourth-order valence-electron chi connectivity index (χ4n) is 2.10. The van der Waals surface area contributed by atoms with Gasteiger partial charge in [0.1, 0.15) is 6.61 Å². The van der Waals surface area contributed by atoms with Crippen LogP contribution >= 0.6 is 0 Å². The van der Waals surface area contributed by atoms with Crippen molar-refractivity contribution in [2.24, 2.45) is 0 Å². The molecular weight excluding hydrogens is 314 g/mol. The van der Waals surface area contributed by atoms with Crippen LogP contribution in [0.25, 0.3) is 6.08 Å². The molecule has 0 fully saturated rings. The number of nitro groups is 1. The van der Waals surface area contributed by atoms with Crippen molar-refractivity contribution in [3.8, 4) is 11.5 Å². The van der Waals surface area contributed by atoms with Gasteiger partial charge in [0.05, 0.1) is 4.92 Å². The Morgan fingerprint density at radius 3 is 2.67 bits per heavy atom. The van der Waals surface area contributed by atoms with Gasteiger partial charge in [-0.2, -0.15) is 0 Å². The van der Waals surface area contributed by atoms with Crippen molar-refractivity contribution in [2.75, 3.05) is 6.79 Å². The van der Waals surface area contributed by atoms with Gasteiger partial charge in [-0.15, -0.1) is 0 Å². The molecule has 7 heteroatoms. The summed E-state index contributed by atoms with van der Waals surface area (Å²) in [5.74, 6) is 0.801. The van der Waals surface area contributed by atoms with Crippen molar-refractivity contribution >= 4 is 17.7 Å². The van der Waals surface area contributed by atoms with Crippen molar-refractivity contribution in [1.82, 2.24) is 0 Å². The molecule has 3 rings (SSSR count). The minimum absolute atomic E-state index is 0.00668. The molecule has 0 atom stereocenters. The Hall–Kier alpha value is -3.35. The molecule has 0 radical (unpaired) electrons. The van der Waals surface area contributed by atoms with Crippen molar-refractivity contribution in [3.05, 3.63) is 69.8 Å². The Balaban J connectivity index is 1.54. The summed E-state index contributed by atoms with van der Waals surface area (Å²) in [6.07, 6.45) is 2.92. The first-order valence-electron chi connectivity index (χ1n) is 7.09. The maximum Gasteiger partial charge on any atom is 0.331 e. The van der Waals surface area contributed by atoms with Crippen molar-refractivity contribution in [3.63, 3.8) is 0 Å². The van der Waals surface area contributed by atoms with Gasteiger partial charge in [0.25, 0.3) is 5.69 Å². The molecule has 0 aromatic heterocycles. The third-order valence-corrected chi connectivity index (χ3v) is 3.34. The van der Waals surface area contributed by atoms with Gasteiger partial charge in [-0.3, -0.25) is 10.1 Å². The molecule has 122 valence electrons. The topological polar surface area (TPSA) is 87.9 Å². The van der Waals surface area contributed by atoms with E-state index in [1.807, 2.05) is 0 Å². The lowest BCUT2D eigenvalue weighted by atomic mass is 10.2. The average Bonchev–Trinajstić information content (AvgIpc) is 3.06. The highest BCUT2D eigenvalue weighted by Crippen LogP contribution is 2.32. The van der Waals surface area contributed by atoms with Gasteiger partial charge in [-0.1, -0.05) is 6.07 Å². The van der Waals surface area contributed by atoms with Crippen LogP contribution in [0, 0.1) is 10.1 Å². The predicted molar refractivity (Wildman–Crippen MR) is 84.5 cm³/mol. The number of nitro benzene ring substituents is 1. The van der Waals surface area contributed by atoms with Gasteiger partial charge in [-0.05, 0) is 41.5 Å². The Bertz CT molecular complexity index is 797. The van der Waals surface area contributed by atoms with E-state index in [1.165, 1.54) is 18.2 Å². The van der Waals surface area contributed by atoms with Crippen LogP contribution in [-0.4, -0.2) is 17.7 Å². The van der Waals surface area contributed by atoms with Gasteiger partial charge in [0, 0.05) is 18.2 Å². The van der Waals surface area contributed by atoms with Crippen molar-refractivity contribution in [1.29, 1.82) is 0 Å². The van der Waals surface area contributed by atoms with Crippen molar-refractivity contribution < 1.29 is 23.9 Å². The highest BCUT2D eigenvalue weighted by atomic mass is 16.7. The number of carbonyl (C=O) groups is 1. The van der Waals surface area contributed by atoms with E-state index in [4.69, 9.17) is 14.2 Å². The minimum atomic E-state index is -0.508. The van der Waals surface area contributed by atoms with E-state index in [-0.39, 0.29) is 19.1 Å². The molecule has 0 spiro atoms. The largest absolute Gasteiger partial charge is 0.458 e. The molecule has 1 heterocycles. The first kappa shape index (κ1) is 15.5. The Kier molecular flexibility index (Phi) is 4.42. The van der Waals surface area contributed by atoms with E-state index < -0.39 is 10.9 Å². The van der Waals surface area contributed by atoms with E-state index in [2.05, 4.69) is 0 Å². The number of benzene rings is 2. The molecule has 0 N–H and O–H groups in total. The van der Waals surface area contributed by atoms with Crippen LogP contribution in [0.1, 0.15) is 11.1 Å². The third-order valence-electron chi connectivity index (χ3n) is 3.34. The second-order valence-electron chi connectivity index (χ2n) is 4.98. The summed E-state index contributed by atoms with van der Waals surface area (Å²) in [6.45, 7) is 0.238. The minimum Gasteiger partial charge on any atom is -0.458 e. The lowest BCUT2D eigenvalue weighted by Crippen LogP contribution is -2.00. The zero-order valence-electron chi connectivity index (χ0n) is 12.5. The molecule has 0 unspecified atom stereocenters. The van der Waals surface area contributed by atoms with Gasteiger partial charge < -0.3 is 14.2 Å². The first-order valence-corrected chi connectivity index (χ1v) is 7.09. The molecule has 0 saturated heterocycles. The van der Waals surface area contributed by atoms with E-state index >= 15 is 0 Å². The van der Waals surface area contributed by atoms with Gasteiger partial charge in [0.15, 0.2) is 11.5 Å². The highest BCUT2D eigenvalue weighted by molar-refractivity contribution is 5.87. The van der Waals surface area contributed by atoms with E-state index in [0.29, 0.717) is 17.1 Å². The predicted octanol–water partition coefficient (Wildman–Crippen LogP) is 3.08. The fraction of sp³-hybridized carbons (Fsp3) is 0.118. The second-order valence-corrected chi connectivity index (χ2v) is 4.98. The molecule has 1 aliphatic rings. The van der Waals surface area contributed by atoms with Crippen LogP contribution < -0.4 is 9.47 Å². The first-order chi connectivity index (χ1) is 11.6. The molecule has 0 bridgehead atoms. The van der Waals surface area contributed by atoms with Crippen LogP contribution in [0.3, 0.4) is 0 Å². The number of nitrogens with zero attached hydrogens (tertiary/aromatic N) is 1. The monoisotopic (exact) mass is 327 g/mol. The van der Waals surface area contributed by atoms with Crippen LogP contribution in [0.4, 0.5) is 5.69 Å². The van der Waals surface area contributed by atoms with Gasteiger partial charge >= 0.3 is 5.97 Å². The van der Waals surface area contributed by atoms with Crippen LogP contribution in [0.15, 0.2) is 48.5 Å². The molecular formula is C17H13NO6. The standard InChI is InChI=1S/C17H13NO6/c19-17(22-10-13-1-5-14(6-2-13)18(20)21)8-4-12-3-7-15-16(9-12)24-11-23-15/h1-9H,10-11H2/b8-4+. The average molecular weight is 327 g/mol. The molecule has 0 amide bonds. The maximum absolute atomic E-state index is 11.7.